The van der Waals surface area contributed by atoms with Crippen LogP contribution in [0.1, 0.15) is 5.56 Å². The summed E-state index contributed by atoms with van der Waals surface area (Å²) in [7, 11) is 0. The van der Waals surface area contributed by atoms with Crippen molar-refractivity contribution in [2.75, 3.05) is 10.6 Å². The third-order valence-electron chi connectivity index (χ3n) is 3.10. The lowest BCUT2D eigenvalue weighted by Crippen LogP contribution is -2.14. The van der Waals surface area contributed by atoms with Crippen LogP contribution in [0.25, 0.3) is 0 Å². The van der Waals surface area contributed by atoms with Crippen molar-refractivity contribution in [1.29, 1.82) is 5.26 Å². The zero-order valence-corrected chi connectivity index (χ0v) is 14.8. The van der Waals surface area contributed by atoms with Crippen molar-refractivity contribution >= 4 is 52.1 Å². The number of aryl methyl sites for hydroxylation is 1. The van der Waals surface area contributed by atoms with Crippen LogP contribution in [0.2, 0.25) is 15.1 Å². The molecular formula is C17H12Cl3N3O. The molecule has 7 heteroatoms. The van der Waals surface area contributed by atoms with E-state index < -0.39 is 5.91 Å². The van der Waals surface area contributed by atoms with E-state index in [4.69, 9.17) is 40.1 Å². The van der Waals surface area contributed by atoms with Crippen LogP contribution in [-0.2, 0) is 4.79 Å². The van der Waals surface area contributed by atoms with Crippen LogP contribution in [0, 0.1) is 18.3 Å². The average molecular weight is 381 g/mol. The Hall–Kier alpha value is -2.19. The van der Waals surface area contributed by atoms with Crippen LogP contribution in [0.4, 0.5) is 11.4 Å². The van der Waals surface area contributed by atoms with Gasteiger partial charge in [-0.15, -0.1) is 0 Å². The van der Waals surface area contributed by atoms with Crippen LogP contribution < -0.4 is 10.6 Å². The quantitative estimate of drug-likeness (QED) is 0.550. The number of hydrogen-bond donors (Lipinski definition) is 2. The number of halogens is 3. The lowest BCUT2D eigenvalue weighted by Gasteiger charge is -2.07. The molecule has 2 aromatic carbocycles. The number of rotatable bonds is 4. The SMILES string of the molecule is Cc1ccc(NC(=O)/C(C#N)=C\Nc2ccc(Cl)cc2Cl)cc1Cl. The summed E-state index contributed by atoms with van der Waals surface area (Å²) in [5.74, 6) is -0.560. The van der Waals surface area contributed by atoms with Crippen molar-refractivity contribution in [3.63, 3.8) is 0 Å². The fourth-order valence-electron chi connectivity index (χ4n) is 1.77. The molecule has 0 saturated carbocycles. The molecule has 2 aromatic rings. The second-order valence-electron chi connectivity index (χ2n) is 4.86. The Morgan fingerprint density at radius 3 is 2.50 bits per heavy atom. The minimum absolute atomic E-state index is 0.113. The van der Waals surface area contributed by atoms with Crippen molar-refractivity contribution in [3.8, 4) is 6.07 Å². The Morgan fingerprint density at radius 2 is 1.88 bits per heavy atom. The first kappa shape index (κ1) is 18.2. The van der Waals surface area contributed by atoms with E-state index >= 15 is 0 Å². The fraction of sp³-hybridized carbons (Fsp3) is 0.0588. The summed E-state index contributed by atoms with van der Waals surface area (Å²) in [6, 6.07) is 11.8. The number of anilines is 2. The van der Waals surface area contributed by atoms with Crippen LogP contribution >= 0.6 is 34.8 Å². The van der Waals surface area contributed by atoms with E-state index in [1.165, 1.54) is 6.20 Å². The van der Waals surface area contributed by atoms with E-state index in [1.54, 1.807) is 36.4 Å². The van der Waals surface area contributed by atoms with Gasteiger partial charge in [-0.25, -0.2) is 0 Å². The van der Waals surface area contributed by atoms with E-state index in [0.717, 1.165) is 5.56 Å². The van der Waals surface area contributed by atoms with Gasteiger partial charge in [0.05, 0.1) is 10.7 Å². The number of carbonyl (C=O) groups excluding carboxylic acids is 1. The largest absolute Gasteiger partial charge is 0.359 e. The predicted molar refractivity (Wildman–Crippen MR) is 98.6 cm³/mol. The Morgan fingerprint density at radius 1 is 1.12 bits per heavy atom. The molecule has 4 nitrogen and oxygen atoms in total. The molecule has 0 bridgehead atoms. The Balaban J connectivity index is 2.13. The number of hydrogen-bond acceptors (Lipinski definition) is 3. The third kappa shape index (κ3) is 4.65. The van der Waals surface area contributed by atoms with Crippen LogP contribution in [-0.4, -0.2) is 5.91 Å². The number of nitriles is 1. The summed E-state index contributed by atoms with van der Waals surface area (Å²) in [6.07, 6.45) is 1.28. The first-order valence-corrected chi connectivity index (χ1v) is 7.93. The molecule has 24 heavy (non-hydrogen) atoms. The normalized spacial score (nSPS) is 10.9. The summed E-state index contributed by atoms with van der Waals surface area (Å²) in [4.78, 5) is 12.2. The summed E-state index contributed by atoms with van der Waals surface area (Å²) < 4.78 is 0. The van der Waals surface area contributed by atoms with Crippen LogP contribution in [0.15, 0.2) is 48.2 Å². The maximum Gasteiger partial charge on any atom is 0.267 e. The van der Waals surface area contributed by atoms with Gasteiger partial charge in [-0.2, -0.15) is 5.26 Å². The summed E-state index contributed by atoms with van der Waals surface area (Å²) in [6.45, 7) is 1.86. The van der Waals surface area contributed by atoms with E-state index in [0.29, 0.717) is 26.4 Å². The molecule has 0 radical (unpaired) electrons. The molecule has 0 fully saturated rings. The average Bonchev–Trinajstić information content (AvgIpc) is 2.53. The summed E-state index contributed by atoms with van der Waals surface area (Å²) in [5.41, 5.74) is 1.81. The van der Waals surface area contributed by atoms with Gasteiger partial charge in [-0.05, 0) is 42.8 Å². The molecule has 0 aliphatic carbocycles. The van der Waals surface area contributed by atoms with E-state index in [2.05, 4.69) is 10.6 Å². The van der Waals surface area contributed by atoms with Gasteiger partial charge in [-0.3, -0.25) is 4.79 Å². The molecular weight excluding hydrogens is 369 g/mol. The van der Waals surface area contributed by atoms with Crippen molar-refractivity contribution < 1.29 is 4.79 Å². The van der Waals surface area contributed by atoms with Crippen LogP contribution in [0.5, 0.6) is 0 Å². The highest BCUT2D eigenvalue weighted by atomic mass is 35.5. The molecule has 0 atom stereocenters. The molecule has 2 N–H and O–H groups in total. The van der Waals surface area contributed by atoms with Gasteiger partial charge in [0.15, 0.2) is 0 Å². The third-order valence-corrected chi connectivity index (χ3v) is 4.05. The maximum absolute atomic E-state index is 12.2. The minimum atomic E-state index is -0.560. The van der Waals surface area contributed by atoms with Crippen LogP contribution in [0.3, 0.4) is 0 Å². The Kier molecular flexibility index (Phi) is 6.10. The first-order chi connectivity index (χ1) is 11.4. The molecule has 0 aromatic heterocycles. The highest BCUT2D eigenvalue weighted by Crippen LogP contribution is 2.25. The predicted octanol–water partition coefficient (Wildman–Crippen LogP) is 5.41. The van der Waals surface area contributed by atoms with E-state index in [1.807, 2.05) is 13.0 Å². The Labute approximate surface area is 154 Å². The Bertz CT molecular complexity index is 857. The molecule has 0 aliphatic rings. The monoisotopic (exact) mass is 379 g/mol. The highest BCUT2D eigenvalue weighted by molar-refractivity contribution is 6.36. The van der Waals surface area contributed by atoms with Gasteiger partial charge in [0, 0.05) is 21.9 Å². The number of nitrogens with zero attached hydrogens (tertiary/aromatic N) is 1. The number of amides is 1. The van der Waals surface area contributed by atoms with E-state index in [9.17, 15) is 4.79 Å². The van der Waals surface area contributed by atoms with Gasteiger partial charge in [0.25, 0.3) is 5.91 Å². The van der Waals surface area contributed by atoms with Gasteiger partial charge in [0.1, 0.15) is 11.6 Å². The molecule has 0 unspecified atom stereocenters. The van der Waals surface area contributed by atoms with Gasteiger partial charge in [0.2, 0.25) is 0 Å². The zero-order valence-electron chi connectivity index (χ0n) is 12.5. The first-order valence-electron chi connectivity index (χ1n) is 6.80. The highest BCUT2D eigenvalue weighted by Gasteiger charge is 2.10. The molecule has 0 spiro atoms. The summed E-state index contributed by atoms with van der Waals surface area (Å²) in [5, 5.41) is 16.0. The maximum atomic E-state index is 12.2. The number of nitrogens with one attached hydrogen (secondary N) is 2. The van der Waals surface area contributed by atoms with E-state index in [-0.39, 0.29) is 5.57 Å². The van der Waals surface area contributed by atoms with Gasteiger partial charge >= 0.3 is 0 Å². The molecule has 122 valence electrons. The van der Waals surface area contributed by atoms with Gasteiger partial charge < -0.3 is 10.6 Å². The topological polar surface area (TPSA) is 64.9 Å². The smallest absolute Gasteiger partial charge is 0.267 e. The lowest BCUT2D eigenvalue weighted by atomic mass is 10.2. The fourth-order valence-corrected chi connectivity index (χ4v) is 2.42. The lowest BCUT2D eigenvalue weighted by molar-refractivity contribution is -0.112. The standard InChI is InChI=1S/C17H12Cl3N3O/c1-10-2-4-13(7-14(10)19)23-17(24)11(8-21)9-22-16-5-3-12(18)6-15(16)20/h2-7,9,22H,1H3,(H,23,24)/b11-9-. The minimum Gasteiger partial charge on any atom is -0.359 e. The molecule has 1 amide bonds. The van der Waals surface area contributed by atoms with Crippen molar-refractivity contribution in [1.82, 2.24) is 0 Å². The molecule has 2 rings (SSSR count). The summed E-state index contributed by atoms with van der Waals surface area (Å²) >= 11 is 17.9. The van der Waals surface area contributed by atoms with Crippen molar-refractivity contribution in [2.24, 2.45) is 0 Å². The van der Waals surface area contributed by atoms with Crippen molar-refractivity contribution in [2.45, 2.75) is 6.92 Å². The zero-order chi connectivity index (χ0) is 17.7. The number of benzene rings is 2. The van der Waals surface area contributed by atoms with Crippen molar-refractivity contribution in [3.05, 3.63) is 68.8 Å². The number of carbonyl (C=O) groups is 1. The molecule has 0 aliphatic heterocycles. The van der Waals surface area contributed by atoms with Gasteiger partial charge in [-0.1, -0.05) is 40.9 Å². The molecule has 0 heterocycles. The second kappa shape index (κ2) is 8.07. The second-order valence-corrected chi connectivity index (χ2v) is 6.11. The molecule has 0 saturated heterocycles.